The van der Waals surface area contributed by atoms with Gasteiger partial charge in [0.25, 0.3) is 0 Å². The molecule has 0 amide bonds. The van der Waals surface area contributed by atoms with E-state index in [1.807, 2.05) is 0 Å². The molecule has 186 valence electrons. The van der Waals surface area contributed by atoms with E-state index in [0.29, 0.717) is 6.61 Å². The van der Waals surface area contributed by atoms with E-state index in [4.69, 9.17) is 11.7 Å². The van der Waals surface area contributed by atoms with Crippen LogP contribution in [0.15, 0.2) is 17.3 Å². The number of allylic oxidation sites excluding steroid dienone is 1. The summed E-state index contributed by atoms with van der Waals surface area (Å²) in [5.74, 6) is 0. The number of unbranched alkanes of at least 4 members (excludes halogenated alkanes) is 13. The van der Waals surface area contributed by atoms with E-state index in [9.17, 15) is 0 Å². The summed E-state index contributed by atoms with van der Waals surface area (Å²) >= 11 is -3.06. The number of hydrogen-bond donors (Lipinski definition) is 0. The minimum atomic E-state index is -3.06. The fourth-order valence-corrected chi connectivity index (χ4v) is 15.4. The predicted molar refractivity (Wildman–Crippen MR) is 139 cm³/mol. The molecule has 0 aromatic heterocycles. The number of rotatable bonds is 20. The zero-order valence-corrected chi connectivity index (χ0v) is 24.3. The molecule has 0 aliphatic carbocycles. The van der Waals surface area contributed by atoms with E-state index in [0.717, 1.165) is 15.3 Å². The molecule has 0 bridgehead atoms. The third-order valence-electron chi connectivity index (χ3n) is 6.57. The van der Waals surface area contributed by atoms with Crippen molar-refractivity contribution < 1.29 is 6.15 Å². The molecular weight excluding hydrogens is 505 g/mol. The molecule has 0 N–H and O–H groups in total. The summed E-state index contributed by atoms with van der Waals surface area (Å²) in [5, 5.41) is 3.98. The first-order chi connectivity index (χ1) is 15.7. The maximum atomic E-state index is 8.97. The predicted octanol–water partition coefficient (Wildman–Crippen LogP) is 9.38. The number of nitrogens with zero attached hydrogens (tertiary/aromatic N) is 3. The van der Waals surface area contributed by atoms with Crippen LogP contribution in [0.4, 0.5) is 0 Å². The van der Waals surface area contributed by atoms with E-state index < -0.39 is 19.2 Å². The SMILES string of the molecule is CCCCCCCCCCCCC/C=C/[C@H]1[O][Sn]([CH2]CCC)([CH2]CCC)[O]C[C@@H]1N=[N+]=[N-]. The summed E-state index contributed by atoms with van der Waals surface area (Å²) in [6.45, 7) is 7.29. The maximum absolute atomic E-state index is 8.97. The van der Waals surface area contributed by atoms with Crippen LogP contribution in [0.5, 0.6) is 0 Å². The van der Waals surface area contributed by atoms with E-state index in [2.05, 4.69) is 42.9 Å². The summed E-state index contributed by atoms with van der Waals surface area (Å²) in [7, 11) is 0. The first-order valence-electron chi connectivity index (χ1n) is 13.7. The Bertz CT molecular complexity index is 515. The zero-order chi connectivity index (χ0) is 23.3. The Morgan fingerprint density at radius 2 is 1.34 bits per heavy atom. The average molecular weight is 556 g/mol. The molecule has 1 saturated heterocycles. The Balaban J connectivity index is 2.34. The Morgan fingerprint density at radius 3 is 1.88 bits per heavy atom. The second kappa shape index (κ2) is 20.2. The van der Waals surface area contributed by atoms with Crippen molar-refractivity contribution in [2.45, 2.75) is 145 Å². The van der Waals surface area contributed by atoms with Gasteiger partial charge in [0.15, 0.2) is 0 Å². The second-order valence-corrected chi connectivity index (χ2v) is 19.1. The van der Waals surface area contributed by atoms with Gasteiger partial charge in [-0.2, -0.15) is 0 Å². The van der Waals surface area contributed by atoms with E-state index in [-0.39, 0.29) is 12.1 Å². The van der Waals surface area contributed by atoms with Gasteiger partial charge in [0.2, 0.25) is 0 Å². The Kier molecular flexibility index (Phi) is 18.8. The summed E-state index contributed by atoms with van der Waals surface area (Å²) < 4.78 is 15.3. The van der Waals surface area contributed by atoms with Gasteiger partial charge in [-0.1, -0.05) is 32.6 Å². The molecule has 1 aliphatic heterocycles. The van der Waals surface area contributed by atoms with Gasteiger partial charge in [0, 0.05) is 0 Å². The molecule has 1 heterocycles. The van der Waals surface area contributed by atoms with Gasteiger partial charge >= 0.3 is 172 Å². The van der Waals surface area contributed by atoms with Gasteiger partial charge in [-0.3, -0.25) is 0 Å². The monoisotopic (exact) mass is 557 g/mol. The van der Waals surface area contributed by atoms with Crippen LogP contribution >= 0.6 is 0 Å². The van der Waals surface area contributed by atoms with Crippen molar-refractivity contribution in [3.05, 3.63) is 22.6 Å². The van der Waals surface area contributed by atoms with Crippen molar-refractivity contribution in [3.8, 4) is 0 Å². The molecule has 0 aromatic rings. The van der Waals surface area contributed by atoms with Crippen LogP contribution in [0.25, 0.3) is 10.4 Å². The molecule has 32 heavy (non-hydrogen) atoms. The van der Waals surface area contributed by atoms with Crippen molar-refractivity contribution in [1.29, 1.82) is 0 Å². The molecule has 0 unspecified atom stereocenters. The van der Waals surface area contributed by atoms with E-state index >= 15 is 0 Å². The molecule has 0 aromatic carbocycles. The molecular formula is C26H51N3O2Sn. The topological polar surface area (TPSA) is 67.2 Å². The van der Waals surface area contributed by atoms with Gasteiger partial charge < -0.3 is 0 Å². The van der Waals surface area contributed by atoms with E-state index in [1.165, 1.54) is 96.3 Å². The van der Waals surface area contributed by atoms with E-state index in [1.54, 1.807) is 0 Å². The summed E-state index contributed by atoms with van der Waals surface area (Å²) in [4.78, 5) is 3.05. The van der Waals surface area contributed by atoms with Crippen molar-refractivity contribution in [1.82, 2.24) is 0 Å². The van der Waals surface area contributed by atoms with Crippen LogP contribution in [0.3, 0.4) is 0 Å². The van der Waals surface area contributed by atoms with Crippen molar-refractivity contribution >= 4 is 19.2 Å². The Hall–Kier alpha value is -0.231. The molecule has 2 atom stereocenters. The third kappa shape index (κ3) is 13.5. The minimum absolute atomic E-state index is 0.0862. The van der Waals surface area contributed by atoms with Crippen molar-refractivity contribution in [2.75, 3.05) is 6.61 Å². The summed E-state index contributed by atoms with van der Waals surface area (Å²) in [6.07, 6.45) is 25.3. The molecule has 0 radical (unpaired) electrons. The van der Waals surface area contributed by atoms with Crippen LogP contribution in [-0.2, 0) is 6.15 Å². The molecule has 1 rings (SSSR count). The molecule has 6 heteroatoms. The quantitative estimate of drug-likeness (QED) is 0.0374. The summed E-state index contributed by atoms with van der Waals surface area (Å²) in [5.41, 5.74) is 8.97. The van der Waals surface area contributed by atoms with Crippen LogP contribution in [0.2, 0.25) is 8.87 Å². The van der Waals surface area contributed by atoms with Crippen molar-refractivity contribution in [3.63, 3.8) is 0 Å². The normalized spacial score (nSPS) is 20.5. The van der Waals surface area contributed by atoms with Gasteiger partial charge in [-0.25, -0.2) is 0 Å². The van der Waals surface area contributed by atoms with Crippen LogP contribution < -0.4 is 0 Å². The third-order valence-corrected chi connectivity index (χ3v) is 16.9. The van der Waals surface area contributed by atoms with Gasteiger partial charge in [0.05, 0.1) is 0 Å². The van der Waals surface area contributed by atoms with Crippen LogP contribution in [-0.4, -0.2) is 38.0 Å². The van der Waals surface area contributed by atoms with Gasteiger partial charge in [0.1, 0.15) is 0 Å². The average Bonchev–Trinajstić information content (AvgIpc) is 2.81. The Labute approximate surface area is 203 Å². The zero-order valence-electron chi connectivity index (χ0n) is 21.4. The van der Waals surface area contributed by atoms with Gasteiger partial charge in [-0.05, 0) is 0 Å². The second-order valence-electron chi connectivity index (χ2n) is 9.54. The van der Waals surface area contributed by atoms with Gasteiger partial charge in [-0.15, -0.1) is 0 Å². The van der Waals surface area contributed by atoms with Crippen LogP contribution in [0, 0.1) is 0 Å². The first kappa shape index (κ1) is 29.8. The molecule has 0 saturated carbocycles. The fourth-order valence-electron chi connectivity index (χ4n) is 4.46. The molecule has 1 aliphatic rings. The molecule has 0 spiro atoms. The number of hydrogen-bond acceptors (Lipinski definition) is 3. The Morgan fingerprint density at radius 1 is 0.812 bits per heavy atom. The van der Waals surface area contributed by atoms with Crippen LogP contribution in [0.1, 0.15) is 124 Å². The summed E-state index contributed by atoms with van der Waals surface area (Å²) in [6, 6.07) is -0.221. The standard InChI is InChI=1S/C18H33N3O2.2C4H9.Sn/c1-2-3-4-5-6-7-8-9-10-11-12-13-14-15-18(23)17(16-22)20-21-19;2*1-3-4-2;/h14-15,17-18H,2-13,16H2,1H3;2*1,3-4H2,2H3;/q-2;;;+2/b15-14+;;;/t17-,18+;;;/m0.../s1. The first-order valence-corrected chi connectivity index (χ1v) is 20.1. The number of azide groups is 1. The van der Waals surface area contributed by atoms with Crippen molar-refractivity contribution in [2.24, 2.45) is 5.11 Å². The fraction of sp³-hybridized carbons (Fsp3) is 0.923. The molecule has 1 fully saturated rings. The molecule has 5 nitrogen and oxygen atoms in total.